The lowest BCUT2D eigenvalue weighted by atomic mass is 10.1. The SMILES string of the molecule is NCCCCC(NC(=O)c1csc(C2CCCN2)n1)C(N)=O. The van der Waals surface area contributed by atoms with Crippen molar-refractivity contribution in [1.29, 1.82) is 0 Å². The van der Waals surface area contributed by atoms with Gasteiger partial charge in [-0.25, -0.2) is 4.98 Å². The zero-order valence-corrected chi connectivity index (χ0v) is 13.3. The molecule has 2 amide bonds. The van der Waals surface area contributed by atoms with Crippen molar-refractivity contribution in [2.75, 3.05) is 13.1 Å². The smallest absolute Gasteiger partial charge is 0.271 e. The highest BCUT2D eigenvalue weighted by molar-refractivity contribution is 7.09. The van der Waals surface area contributed by atoms with Gasteiger partial charge in [-0.05, 0) is 45.2 Å². The van der Waals surface area contributed by atoms with E-state index in [0.29, 0.717) is 18.7 Å². The summed E-state index contributed by atoms with van der Waals surface area (Å²) >= 11 is 1.46. The topological polar surface area (TPSA) is 123 Å². The van der Waals surface area contributed by atoms with E-state index in [1.165, 1.54) is 11.3 Å². The summed E-state index contributed by atoms with van der Waals surface area (Å²) in [6, 6.07) is -0.433. The quantitative estimate of drug-likeness (QED) is 0.511. The van der Waals surface area contributed by atoms with E-state index in [1.54, 1.807) is 5.38 Å². The molecular weight excluding hydrogens is 302 g/mol. The molecule has 0 aliphatic carbocycles. The van der Waals surface area contributed by atoms with Crippen LogP contribution >= 0.6 is 11.3 Å². The summed E-state index contributed by atoms with van der Waals surface area (Å²) in [6.45, 7) is 1.54. The Hall–Kier alpha value is -1.51. The van der Waals surface area contributed by atoms with E-state index in [2.05, 4.69) is 15.6 Å². The Labute approximate surface area is 133 Å². The number of carbonyl (C=O) groups excluding carboxylic acids is 2. The molecule has 1 fully saturated rings. The van der Waals surface area contributed by atoms with Gasteiger partial charge < -0.3 is 22.1 Å². The summed E-state index contributed by atoms with van der Waals surface area (Å²) in [5, 5.41) is 8.66. The van der Waals surface area contributed by atoms with Crippen molar-refractivity contribution in [3.63, 3.8) is 0 Å². The molecule has 8 heteroatoms. The summed E-state index contributed by atoms with van der Waals surface area (Å²) in [6.07, 6.45) is 4.21. The molecule has 2 rings (SSSR count). The third-order valence-electron chi connectivity index (χ3n) is 3.71. The second-order valence-electron chi connectivity index (χ2n) is 5.43. The first-order valence-electron chi connectivity index (χ1n) is 7.61. The molecule has 7 nitrogen and oxygen atoms in total. The molecule has 0 spiro atoms. The second-order valence-corrected chi connectivity index (χ2v) is 6.32. The fraction of sp³-hybridized carbons (Fsp3) is 0.643. The summed E-state index contributed by atoms with van der Waals surface area (Å²) in [5.74, 6) is -0.879. The zero-order valence-electron chi connectivity index (χ0n) is 12.5. The van der Waals surface area contributed by atoms with E-state index in [1.807, 2.05) is 0 Å². The largest absolute Gasteiger partial charge is 0.368 e. The van der Waals surface area contributed by atoms with E-state index < -0.39 is 11.9 Å². The summed E-state index contributed by atoms with van der Waals surface area (Å²) in [4.78, 5) is 28.0. The van der Waals surface area contributed by atoms with Gasteiger partial charge in [0.15, 0.2) is 0 Å². The summed E-state index contributed by atoms with van der Waals surface area (Å²) in [7, 11) is 0. The number of aromatic nitrogens is 1. The Morgan fingerprint density at radius 2 is 2.32 bits per heavy atom. The van der Waals surface area contributed by atoms with Crippen LogP contribution in [0.15, 0.2) is 5.38 Å². The number of carbonyl (C=O) groups is 2. The highest BCUT2D eigenvalue weighted by Gasteiger charge is 2.23. The normalized spacial score (nSPS) is 19.0. The van der Waals surface area contributed by atoms with Gasteiger partial charge in [-0.15, -0.1) is 11.3 Å². The van der Waals surface area contributed by atoms with Crippen LogP contribution in [-0.2, 0) is 4.79 Å². The van der Waals surface area contributed by atoms with Gasteiger partial charge in [0.05, 0.1) is 6.04 Å². The zero-order chi connectivity index (χ0) is 15.9. The Morgan fingerprint density at radius 3 is 2.95 bits per heavy atom. The minimum atomic E-state index is -0.672. The maximum absolute atomic E-state index is 12.2. The fourth-order valence-electron chi connectivity index (χ4n) is 2.46. The molecule has 1 saturated heterocycles. The van der Waals surface area contributed by atoms with Gasteiger partial charge in [0.25, 0.3) is 5.91 Å². The Bertz CT molecular complexity index is 513. The van der Waals surface area contributed by atoms with Crippen LogP contribution < -0.4 is 22.1 Å². The Kier molecular flexibility index (Phi) is 6.29. The van der Waals surface area contributed by atoms with Crippen molar-refractivity contribution in [3.8, 4) is 0 Å². The second kappa shape index (κ2) is 8.21. The molecule has 0 radical (unpaired) electrons. The van der Waals surface area contributed by atoms with Crippen molar-refractivity contribution in [2.24, 2.45) is 11.5 Å². The molecule has 1 aromatic heterocycles. The predicted molar refractivity (Wildman–Crippen MR) is 85.4 cm³/mol. The first-order chi connectivity index (χ1) is 10.6. The lowest BCUT2D eigenvalue weighted by molar-refractivity contribution is -0.120. The highest BCUT2D eigenvalue weighted by atomic mass is 32.1. The van der Waals surface area contributed by atoms with Crippen LogP contribution in [0.25, 0.3) is 0 Å². The van der Waals surface area contributed by atoms with E-state index in [9.17, 15) is 9.59 Å². The van der Waals surface area contributed by atoms with Gasteiger partial charge in [0.2, 0.25) is 5.91 Å². The predicted octanol–water partition coefficient (Wildman–Crippen LogP) is 0.280. The molecule has 0 aromatic carbocycles. The number of hydrogen-bond acceptors (Lipinski definition) is 6. The average Bonchev–Trinajstić information content (AvgIpc) is 3.16. The van der Waals surface area contributed by atoms with Crippen LogP contribution in [-0.4, -0.2) is 35.9 Å². The van der Waals surface area contributed by atoms with Gasteiger partial charge in [-0.3, -0.25) is 9.59 Å². The lowest BCUT2D eigenvalue weighted by Gasteiger charge is -2.14. The molecular formula is C14H23N5O2S. The molecule has 1 aromatic rings. The van der Waals surface area contributed by atoms with Crippen LogP contribution in [0.3, 0.4) is 0 Å². The van der Waals surface area contributed by atoms with Crippen molar-refractivity contribution in [3.05, 3.63) is 16.1 Å². The van der Waals surface area contributed by atoms with E-state index in [0.717, 1.165) is 37.2 Å². The van der Waals surface area contributed by atoms with Crippen molar-refractivity contribution in [1.82, 2.24) is 15.6 Å². The first-order valence-corrected chi connectivity index (χ1v) is 8.49. The van der Waals surface area contributed by atoms with Crippen molar-refractivity contribution < 1.29 is 9.59 Å². The number of hydrogen-bond donors (Lipinski definition) is 4. The maximum Gasteiger partial charge on any atom is 0.271 e. The summed E-state index contributed by atoms with van der Waals surface area (Å²) in [5.41, 5.74) is 11.1. The molecule has 0 saturated carbocycles. The number of thiazole rings is 1. The number of unbranched alkanes of at least 4 members (excludes halogenated alkanes) is 1. The molecule has 2 atom stereocenters. The fourth-order valence-corrected chi connectivity index (χ4v) is 3.37. The number of rotatable bonds is 8. The number of nitrogens with two attached hydrogens (primary N) is 2. The molecule has 1 aliphatic rings. The number of nitrogens with one attached hydrogen (secondary N) is 2. The maximum atomic E-state index is 12.2. The third-order valence-corrected chi connectivity index (χ3v) is 4.67. The van der Waals surface area contributed by atoms with Crippen LogP contribution in [0, 0.1) is 0 Å². The minimum absolute atomic E-state index is 0.239. The first kappa shape index (κ1) is 16.9. The number of amides is 2. The average molecular weight is 325 g/mol. The van der Waals surface area contributed by atoms with Crippen LogP contribution in [0.5, 0.6) is 0 Å². The molecule has 1 aliphatic heterocycles. The molecule has 0 bridgehead atoms. The van der Waals surface area contributed by atoms with Gasteiger partial charge in [0.1, 0.15) is 16.7 Å². The molecule has 122 valence electrons. The Morgan fingerprint density at radius 1 is 1.50 bits per heavy atom. The Balaban J connectivity index is 1.93. The van der Waals surface area contributed by atoms with E-state index in [4.69, 9.17) is 11.5 Å². The van der Waals surface area contributed by atoms with E-state index in [-0.39, 0.29) is 11.9 Å². The third kappa shape index (κ3) is 4.49. The number of nitrogens with zero attached hydrogens (tertiary/aromatic N) is 1. The molecule has 2 heterocycles. The van der Waals surface area contributed by atoms with Gasteiger partial charge in [-0.1, -0.05) is 0 Å². The standard InChI is InChI=1S/C14H23N5O2S/c15-6-2-1-4-9(12(16)20)18-13(21)11-8-22-14(19-11)10-5-3-7-17-10/h8-10,17H,1-7,15H2,(H2,16,20)(H,18,21). The van der Waals surface area contributed by atoms with Gasteiger partial charge >= 0.3 is 0 Å². The lowest BCUT2D eigenvalue weighted by Crippen LogP contribution is -2.44. The van der Waals surface area contributed by atoms with Crippen molar-refractivity contribution >= 4 is 23.2 Å². The minimum Gasteiger partial charge on any atom is -0.368 e. The van der Waals surface area contributed by atoms with Crippen LogP contribution in [0.2, 0.25) is 0 Å². The number of primary amides is 1. The molecule has 2 unspecified atom stereocenters. The van der Waals surface area contributed by atoms with Gasteiger partial charge in [-0.2, -0.15) is 0 Å². The van der Waals surface area contributed by atoms with Gasteiger partial charge in [0, 0.05) is 5.38 Å². The van der Waals surface area contributed by atoms with Crippen molar-refractivity contribution in [2.45, 2.75) is 44.2 Å². The monoisotopic (exact) mass is 325 g/mol. The highest BCUT2D eigenvalue weighted by Crippen LogP contribution is 2.25. The molecule has 6 N–H and O–H groups in total. The van der Waals surface area contributed by atoms with E-state index >= 15 is 0 Å². The van der Waals surface area contributed by atoms with Crippen LogP contribution in [0.1, 0.15) is 53.6 Å². The summed E-state index contributed by atoms with van der Waals surface area (Å²) < 4.78 is 0. The molecule has 22 heavy (non-hydrogen) atoms. The van der Waals surface area contributed by atoms with Crippen LogP contribution in [0.4, 0.5) is 0 Å².